The summed E-state index contributed by atoms with van der Waals surface area (Å²) >= 11 is 12.8. The Hall–Kier alpha value is -0.300. The van der Waals surface area contributed by atoms with E-state index in [1.165, 1.54) is 30.1 Å². The molecule has 1 fully saturated rings. The predicted molar refractivity (Wildman–Crippen MR) is 69.4 cm³/mol. The van der Waals surface area contributed by atoms with Gasteiger partial charge in [-0.25, -0.2) is 4.68 Å². The molecule has 1 heterocycles. The summed E-state index contributed by atoms with van der Waals surface area (Å²) in [5, 5.41) is 16.3. The van der Waals surface area contributed by atoms with Crippen LogP contribution in [0, 0.1) is 0 Å². The maximum Gasteiger partial charge on any atom is 0.209 e. The molecule has 0 unspecified atom stereocenters. The fraction of sp³-hybridized carbons (Fsp3) is 0.667. The quantitative estimate of drug-likeness (QED) is 0.778. The van der Waals surface area contributed by atoms with E-state index in [0.717, 1.165) is 18.2 Å². The van der Waals surface area contributed by atoms with Gasteiger partial charge < -0.3 is 5.32 Å². The van der Waals surface area contributed by atoms with Gasteiger partial charge in [0.05, 0.1) is 6.54 Å². The predicted octanol–water partition coefficient (Wildman–Crippen LogP) is 1.84. The average Bonchev–Trinajstić information content (AvgIpc) is 3.05. The zero-order chi connectivity index (χ0) is 12.1. The van der Waals surface area contributed by atoms with Crippen molar-refractivity contribution in [2.45, 2.75) is 30.6 Å². The zero-order valence-corrected chi connectivity index (χ0v) is 11.5. The molecule has 0 bridgehead atoms. The SMILES string of the molecule is ClC=C(Cl)CSc1nnnn1CCNC1CC1. The Morgan fingerprint density at radius 2 is 2.41 bits per heavy atom. The summed E-state index contributed by atoms with van der Waals surface area (Å²) in [6, 6.07) is 0.705. The van der Waals surface area contributed by atoms with Crippen molar-refractivity contribution in [2.75, 3.05) is 12.3 Å². The maximum absolute atomic E-state index is 5.81. The molecule has 1 aromatic heterocycles. The van der Waals surface area contributed by atoms with Crippen LogP contribution in [0.1, 0.15) is 12.8 Å². The fourth-order valence-corrected chi connectivity index (χ4v) is 2.32. The largest absolute Gasteiger partial charge is 0.312 e. The number of aromatic nitrogens is 4. The summed E-state index contributed by atoms with van der Waals surface area (Å²) < 4.78 is 1.78. The van der Waals surface area contributed by atoms with Gasteiger partial charge in [0.25, 0.3) is 0 Å². The smallest absolute Gasteiger partial charge is 0.209 e. The van der Waals surface area contributed by atoms with Gasteiger partial charge in [0, 0.05) is 28.9 Å². The van der Waals surface area contributed by atoms with Gasteiger partial charge in [0.1, 0.15) is 0 Å². The zero-order valence-electron chi connectivity index (χ0n) is 9.14. The molecule has 1 aliphatic carbocycles. The number of hydrogen-bond acceptors (Lipinski definition) is 5. The molecule has 1 aromatic rings. The molecule has 0 aromatic carbocycles. The monoisotopic (exact) mass is 293 g/mol. The first-order chi connectivity index (χ1) is 8.29. The first-order valence-electron chi connectivity index (χ1n) is 5.36. The summed E-state index contributed by atoms with van der Waals surface area (Å²) in [4.78, 5) is 0. The van der Waals surface area contributed by atoms with Crippen LogP contribution >= 0.6 is 35.0 Å². The van der Waals surface area contributed by atoms with Gasteiger partial charge in [-0.1, -0.05) is 35.0 Å². The number of tetrazole rings is 1. The van der Waals surface area contributed by atoms with E-state index in [-0.39, 0.29) is 0 Å². The first-order valence-corrected chi connectivity index (χ1v) is 7.16. The van der Waals surface area contributed by atoms with Gasteiger partial charge in [-0.05, 0) is 23.3 Å². The summed E-state index contributed by atoms with van der Waals surface area (Å²) in [6.07, 6.45) is 2.57. The van der Waals surface area contributed by atoms with E-state index < -0.39 is 0 Å². The standard InChI is InChI=1S/C9H13Cl2N5S/c10-5-7(11)6-17-9-13-14-15-16(9)4-3-12-8-1-2-8/h5,8,12H,1-4,6H2. The van der Waals surface area contributed by atoms with Gasteiger partial charge in [-0.2, -0.15) is 0 Å². The van der Waals surface area contributed by atoms with Crippen LogP contribution < -0.4 is 5.32 Å². The summed E-state index contributed by atoms with van der Waals surface area (Å²) in [5.74, 6) is 0.585. The molecular formula is C9H13Cl2N5S. The minimum Gasteiger partial charge on any atom is -0.312 e. The van der Waals surface area contributed by atoms with Gasteiger partial charge in [0.2, 0.25) is 5.16 Å². The molecule has 1 saturated carbocycles. The molecular weight excluding hydrogens is 281 g/mol. The van der Waals surface area contributed by atoms with Crippen LogP contribution in [-0.2, 0) is 6.54 Å². The van der Waals surface area contributed by atoms with Crippen LogP contribution in [0.25, 0.3) is 0 Å². The fourth-order valence-electron chi connectivity index (χ4n) is 1.27. The van der Waals surface area contributed by atoms with E-state index >= 15 is 0 Å². The molecule has 0 atom stereocenters. The van der Waals surface area contributed by atoms with Crippen molar-refractivity contribution < 1.29 is 0 Å². The number of halogens is 2. The van der Waals surface area contributed by atoms with E-state index in [2.05, 4.69) is 20.8 Å². The minimum absolute atomic E-state index is 0.585. The molecule has 1 N–H and O–H groups in total. The van der Waals surface area contributed by atoms with Crippen LogP contribution in [0.5, 0.6) is 0 Å². The third kappa shape index (κ3) is 4.46. The van der Waals surface area contributed by atoms with Crippen molar-refractivity contribution in [1.29, 1.82) is 0 Å². The highest BCUT2D eigenvalue weighted by atomic mass is 35.5. The van der Waals surface area contributed by atoms with Gasteiger partial charge in [-0.3, -0.25) is 0 Å². The lowest BCUT2D eigenvalue weighted by atomic mass is 10.6. The van der Waals surface area contributed by atoms with E-state index in [9.17, 15) is 0 Å². The lowest BCUT2D eigenvalue weighted by molar-refractivity contribution is 0.510. The third-order valence-corrected chi connectivity index (χ3v) is 4.07. The molecule has 8 heteroatoms. The summed E-state index contributed by atoms with van der Waals surface area (Å²) in [7, 11) is 0. The van der Waals surface area contributed by atoms with Crippen molar-refractivity contribution in [2.24, 2.45) is 0 Å². The van der Waals surface area contributed by atoms with Crippen molar-refractivity contribution in [1.82, 2.24) is 25.5 Å². The molecule has 0 amide bonds. The number of nitrogens with one attached hydrogen (secondary N) is 1. The normalized spacial score (nSPS) is 16.5. The van der Waals surface area contributed by atoms with Crippen LogP contribution in [-0.4, -0.2) is 38.5 Å². The van der Waals surface area contributed by atoms with Crippen molar-refractivity contribution in [3.05, 3.63) is 10.6 Å². The van der Waals surface area contributed by atoms with Crippen molar-refractivity contribution >= 4 is 35.0 Å². The molecule has 17 heavy (non-hydrogen) atoms. The van der Waals surface area contributed by atoms with E-state index in [1.807, 2.05) is 0 Å². The topological polar surface area (TPSA) is 55.6 Å². The Morgan fingerprint density at radius 3 is 3.12 bits per heavy atom. The first kappa shape index (κ1) is 13.1. The number of thioether (sulfide) groups is 1. The summed E-state index contributed by atoms with van der Waals surface area (Å²) in [6.45, 7) is 1.66. The van der Waals surface area contributed by atoms with Gasteiger partial charge >= 0.3 is 0 Å². The van der Waals surface area contributed by atoms with E-state index in [0.29, 0.717) is 16.8 Å². The van der Waals surface area contributed by atoms with Gasteiger partial charge in [-0.15, -0.1) is 5.10 Å². The highest BCUT2D eigenvalue weighted by Crippen LogP contribution is 2.20. The second kappa shape index (κ2) is 6.58. The molecule has 94 valence electrons. The number of rotatable bonds is 7. The molecule has 5 nitrogen and oxygen atoms in total. The Morgan fingerprint density at radius 1 is 1.59 bits per heavy atom. The molecule has 0 aliphatic heterocycles. The second-order valence-corrected chi connectivity index (χ2v) is 5.40. The van der Waals surface area contributed by atoms with E-state index in [1.54, 1.807) is 4.68 Å². The van der Waals surface area contributed by atoms with Crippen LogP contribution in [0.2, 0.25) is 0 Å². The Bertz CT molecular complexity index is 390. The van der Waals surface area contributed by atoms with Gasteiger partial charge in [0.15, 0.2) is 0 Å². The van der Waals surface area contributed by atoms with Crippen molar-refractivity contribution in [3.63, 3.8) is 0 Å². The van der Waals surface area contributed by atoms with E-state index in [4.69, 9.17) is 23.2 Å². The molecule has 0 spiro atoms. The van der Waals surface area contributed by atoms with Crippen LogP contribution in [0.4, 0.5) is 0 Å². The number of nitrogens with zero attached hydrogens (tertiary/aromatic N) is 4. The Balaban J connectivity index is 1.78. The highest BCUT2D eigenvalue weighted by molar-refractivity contribution is 7.99. The van der Waals surface area contributed by atoms with Crippen LogP contribution in [0.15, 0.2) is 15.7 Å². The maximum atomic E-state index is 5.81. The molecule has 0 saturated heterocycles. The second-order valence-electron chi connectivity index (χ2n) is 3.76. The Labute approximate surface area is 114 Å². The average molecular weight is 294 g/mol. The molecule has 1 aliphatic rings. The summed E-state index contributed by atoms with van der Waals surface area (Å²) in [5.41, 5.74) is 1.36. The van der Waals surface area contributed by atoms with Crippen LogP contribution in [0.3, 0.4) is 0 Å². The minimum atomic E-state index is 0.585. The lowest BCUT2D eigenvalue weighted by Crippen LogP contribution is -2.22. The molecule has 0 radical (unpaired) electrons. The lowest BCUT2D eigenvalue weighted by Gasteiger charge is -2.04. The molecule has 2 rings (SSSR count). The Kier molecular flexibility index (Phi) is 5.09. The number of hydrogen-bond donors (Lipinski definition) is 1. The third-order valence-electron chi connectivity index (χ3n) is 2.29. The highest BCUT2D eigenvalue weighted by Gasteiger charge is 2.20. The van der Waals surface area contributed by atoms with Crippen molar-refractivity contribution in [3.8, 4) is 0 Å².